The monoisotopic (exact) mass is 211 g/mol. The average molecular weight is 211 g/mol. The zero-order chi connectivity index (χ0) is 11.4. The van der Waals surface area contributed by atoms with E-state index in [1.165, 1.54) is 51.4 Å². The van der Waals surface area contributed by atoms with Gasteiger partial charge in [0.1, 0.15) is 0 Å². The van der Waals surface area contributed by atoms with E-state index in [0.29, 0.717) is 5.54 Å². The molecule has 0 aromatic rings. The predicted octanol–water partition coefficient (Wildman–Crippen LogP) is 4.27. The highest BCUT2D eigenvalue weighted by molar-refractivity contribution is 4.94. The molecule has 0 atom stereocenters. The van der Waals surface area contributed by atoms with Crippen molar-refractivity contribution in [3.8, 4) is 0 Å². The molecule has 1 aliphatic carbocycles. The molecule has 1 saturated carbocycles. The van der Waals surface area contributed by atoms with E-state index >= 15 is 0 Å². The van der Waals surface area contributed by atoms with Crippen LogP contribution in [-0.4, -0.2) is 11.1 Å². The lowest BCUT2D eigenvalue weighted by molar-refractivity contribution is 0.164. The molecule has 1 aliphatic rings. The molecule has 90 valence electrons. The Morgan fingerprint density at radius 3 is 2.13 bits per heavy atom. The molecule has 0 aromatic carbocycles. The minimum Gasteiger partial charge on any atom is -0.307 e. The second kappa shape index (κ2) is 5.34. The summed E-state index contributed by atoms with van der Waals surface area (Å²) in [6.07, 6.45) is 11.2. The van der Waals surface area contributed by atoms with E-state index in [0.717, 1.165) is 0 Å². The predicted molar refractivity (Wildman–Crippen MR) is 68.2 cm³/mol. The van der Waals surface area contributed by atoms with Crippen LogP contribution in [0.5, 0.6) is 0 Å². The van der Waals surface area contributed by atoms with Crippen LogP contribution in [-0.2, 0) is 0 Å². The van der Waals surface area contributed by atoms with Crippen LogP contribution >= 0.6 is 0 Å². The summed E-state index contributed by atoms with van der Waals surface area (Å²) in [6, 6.07) is 0. The van der Waals surface area contributed by atoms with Gasteiger partial charge in [-0.05, 0) is 40.0 Å². The maximum atomic E-state index is 3.91. The van der Waals surface area contributed by atoms with Crippen LogP contribution in [0.1, 0.15) is 79.1 Å². The number of hydrogen-bond donors (Lipinski definition) is 1. The number of unbranched alkanes of at least 4 members (excludes halogenated alkanes) is 1. The fourth-order valence-electron chi connectivity index (χ4n) is 2.98. The lowest BCUT2D eigenvalue weighted by Gasteiger charge is -2.43. The Kier molecular flexibility index (Phi) is 4.64. The van der Waals surface area contributed by atoms with E-state index in [1.54, 1.807) is 0 Å². The van der Waals surface area contributed by atoms with Crippen molar-refractivity contribution in [3.63, 3.8) is 0 Å². The van der Waals surface area contributed by atoms with Gasteiger partial charge in [-0.15, -0.1) is 0 Å². The molecule has 1 rings (SSSR count). The topological polar surface area (TPSA) is 12.0 Å². The van der Waals surface area contributed by atoms with Gasteiger partial charge in [-0.3, -0.25) is 0 Å². The molecule has 0 bridgehead atoms. The van der Waals surface area contributed by atoms with Gasteiger partial charge in [-0.1, -0.05) is 39.0 Å². The van der Waals surface area contributed by atoms with Crippen LogP contribution in [0.4, 0.5) is 0 Å². The van der Waals surface area contributed by atoms with E-state index in [1.807, 2.05) is 0 Å². The minimum absolute atomic E-state index is 0.269. The maximum absolute atomic E-state index is 3.91. The van der Waals surface area contributed by atoms with E-state index < -0.39 is 0 Å². The Bertz CT molecular complexity index is 172. The van der Waals surface area contributed by atoms with Crippen LogP contribution in [0, 0.1) is 0 Å². The van der Waals surface area contributed by atoms with Crippen LogP contribution in [0.15, 0.2) is 0 Å². The summed E-state index contributed by atoms with van der Waals surface area (Å²) < 4.78 is 0. The molecule has 1 nitrogen and oxygen atoms in total. The van der Waals surface area contributed by atoms with Crippen molar-refractivity contribution < 1.29 is 0 Å². The van der Waals surface area contributed by atoms with Crippen molar-refractivity contribution in [3.05, 3.63) is 0 Å². The van der Waals surface area contributed by atoms with Gasteiger partial charge in [0.25, 0.3) is 0 Å². The summed E-state index contributed by atoms with van der Waals surface area (Å²) in [5.41, 5.74) is 0.734. The Morgan fingerprint density at radius 2 is 1.67 bits per heavy atom. The third kappa shape index (κ3) is 4.55. The summed E-state index contributed by atoms with van der Waals surface area (Å²) in [5.74, 6) is 0. The summed E-state index contributed by atoms with van der Waals surface area (Å²) in [5, 5.41) is 3.91. The minimum atomic E-state index is 0.269. The molecule has 0 spiro atoms. The van der Waals surface area contributed by atoms with Gasteiger partial charge in [0.05, 0.1) is 0 Å². The van der Waals surface area contributed by atoms with Crippen LogP contribution in [0.3, 0.4) is 0 Å². The Labute approximate surface area is 96.0 Å². The van der Waals surface area contributed by atoms with Gasteiger partial charge in [0.2, 0.25) is 0 Å². The summed E-state index contributed by atoms with van der Waals surface area (Å²) in [4.78, 5) is 0. The summed E-state index contributed by atoms with van der Waals surface area (Å²) in [7, 11) is 0. The fraction of sp³-hybridized carbons (Fsp3) is 1.00. The fourth-order valence-corrected chi connectivity index (χ4v) is 2.98. The van der Waals surface area contributed by atoms with E-state index in [4.69, 9.17) is 0 Å². The molecule has 1 N–H and O–H groups in total. The number of rotatable bonds is 4. The molecular formula is C14H29N. The Morgan fingerprint density at radius 1 is 1.07 bits per heavy atom. The van der Waals surface area contributed by atoms with Crippen molar-refractivity contribution in [1.82, 2.24) is 5.32 Å². The first-order valence-corrected chi connectivity index (χ1v) is 6.77. The molecule has 1 heteroatoms. The third-order valence-corrected chi connectivity index (χ3v) is 3.46. The zero-order valence-electron chi connectivity index (χ0n) is 11.2. The van der Waals surface area contributed by atoms with Gasteiger partial charge in [-0.2, -0.15) is 0 Å². The molecule has 0 saturated heterocycles. The van der Waals surface area contributed by atoms with Gasteiger partial charge >= 0.3 is 0 Å². The Hall–Kier alpha value is -0.0400. The standard InChI is InChI=1S/C14H29N/c1-5-6-10-14(15-13(2,3)4)11-8-7-9-12-14/h15H,5-12H2,1-4H3. The highest BCUT2D eigenvalue weighted by Crippen LogP contribution is 2.34. The first kappa shape index (κ1) is 13.0. The van der Waals surface area contributed by atoms with Crippen molar-refractivity contribution in [2.75, 3.05) is 0 Å². The van der Waals surface area contributed by atoms with Crippen molar-refractivity contribution in [2.24, 2.45) is 0 Å². The summed E-state index contributed by atoms with van der Waals surface area (Å²) in [6.45, 7) is 9.20. The van der Waals surface area contributed by atoms with Gasteiger partial charge in [-0.25, -0.2) is 0 Å². The highest BCUT2D eigenvalue weighted by atomic mass is 15.0. The molecule has 0 amide bonds. The molecule has 1 fully saturated rings. The van der Waals surface area contributed by atoms with E-state index in [9.17, 15) is 0 Å². The zero-order valence-corrected chi connectivity index (χ0v) is 11.2. The van der Waals surface area contributed by atoms with Crippen LogP contribution < -0.4 is 5.32 Å². The summed E-state index contributed by atoms with van der Waals surface area (Å²) >= 11 is 0. The lowest BCUT2D eigenvalue weighted by Crippen LogP contribution is -2.55. The number of hydrogen-bond acceptors (Lipinski definition) is 1. The van der Waals surface area contributed by atoms with Crippen molar-refractivity contribution >= 4 is 0 Å². The van der Waals surface area contributed by atoms with Crippen molar-refractivity contribution in [1.29, 1.82) is 0 Å². The first-order valence-electron chi connectivity index (χ1n) is 6.77. The van der Waals surface area contributed by atoms with Crippen molar-refractivity contribution in [2.45, 2.75) is 90.1 Å². The maximum Gasteiger partial charge on any atom is 0.0186 e. The molecule has 0 aromatic heterocycles. The second-order valence-corrected chi connectivity index (χ2v) is 6.32. The van der Waals surface area contributed by atoms with Gasteiger partial charge in [0, 0.05) is 11.1 Å². The SMILES string of the molecule is CCCCC1(NC(C)(C)C)CCCCC1. The largest absolute Gasteiger partial charge is 0.307 e. The van der Waals surface area contributed by atoms with Gasteiger partial charge < -0.3 is 5.32 Å². The number of nitrogens with one attached hydrogen (secondary N) is 1. The lowest BCUT2D eigenvalue weighted by atomic mass is 9.77. The second-order valence-electron chi connectivity index (χ2n) is 6.32. The highest BCUT2D eigenvalue weighted by Gasteiger charge is 2.34. The third-order valence-electron chi connectivity index (χ3n) is 3.46. The van der Waals surface area contributed by atoms with E-state index in [-0.39, 0.29) is 5.54 Å². The molecule has 15 heavy (non-hydrogen) atoms. The Balaban J connectivity index is 2.58. The molecule has 0 radical (unpaired) electrons. The average Bonchev–Trinajstić information content (AvgIpc) is 2.14. The molecule has 0 heterocycles. The quantitative estimate of drug-likeness (QED) is 0.732. The van der Waals surface area contributed by atoms with Crippen LogP contribution in [0.25, 0.3) is 0 Å². The molecule has 0 unspecified atom stereocenters. The smallest absolute Gasteiger partial charge is 0.0186 e. The molecule has 0 aliphatic heterocycles. The normalized spacial score (nSPS) is 21.6. The molecular weight excluding hydrogens is 182 g/mol. The first-order chi connectivity index (χ1) is 6.97. The van der Waals surface area contributed by atoms with E-state index in [2.05, 4.69) is 33.0 Å². The van der Waals surface area contributed by atoms with Gasteiger partial charge in [0.15, 0.2) is 0 Å². The van der Waals surface area contributed by atoms with Crippen LogP contribution in [0.2, 0.25) is 0 Å².